The maximum absolute atomic E-state index is 13.1. The predicted molar refractivity (Wildman–Crippen MR) is 141 cm³/mol. The average molecular weight is 524 g/mol. The van der Waals surface area contributed by atoms with Crippen LogP contribution in [0.25, 0.3) is 16.8 Å². The Kier molecular flexibility index (Phi) is 8.69. The van der Waals surface area contributed by atoms with E-state index >= 15 is 0 Å². The van der Waals surface area contributed by atoms with Gasteiger partial charge >= 0.3 is 5.97 Å². The molecule has 0 aliphatic heterocycles. The van der Waals surface area contributed by atoms with Gasteiger partial charge in [-0.1, -0.05) is 48.0 Å². The Morgan fingerprint density at radius 3 is 2.24 bits per heavy atom. The SMILES string of the molecule is CC(C)=C(N)c1cccc(OCCN(CC(=O)O)C(=O)c2ccc(-c3ccccc3S(N)(=O)=O)cc2)c1. The van der Waals surface area contributed by atoms with Gasteiger partial charge in [0.2, 0.25) is 10.0 Å². The summed E-state index contributed by atoms with van der Waals surface area (Å²) in [5.74, 6) is -1.12. The largest absolute Gasteiger partial charge is 0.492 e. The van der Waals surface area contributed by atoms with Crippen LogP contribution in [0.3, 0.4) is 0 Å². The second-order valence-electron chi connectivity index (χ2n) is 8.53. The summed E-state index contributed by atoms with van der Waals surface area (Å²) in [6.45, 7) is 3.40. The number of ether oxygens (including phenoxy) is 1. The minimum atomic E-state index is -3.94. The highest BCUT2D eigenvalue weighted by Gasteiger charge is 2.20. The monoisotopic (exact) mass is 523 g/mol. The van der Waals surface area contributed by atoms with E-state index in [1.807, 2.05) is 19.9 Å². The van der Waals surface area contributed by atoms with Gasteiger partial charge < -0.3 is 20.5 Å². The Morgan fingerprint density at radius 1 is 0.946 bits per heavy atom. The Bertz CT molecular complexity index is 1430. The average Bonchev–Trinajstić information content (AvgIpc) is 2.86. The zero-order chi connectivity index (χ0) is 27.2. The van der Waals surface area contributed by atoms with Crippen LogP contribution in [0, 0.1) is 0 Å². The van der Waals surface area contributed by atoms with Crippen LogP contribution in [0.2, 0.25) is 0 Å². The van der Waals surface area contributed by atoms with E-state index in [2.05, 4.69) is 0 Å². The van der Waals surface area contributed by atoms with Gasteiger partial charge in [-0.05, 0) is 49.7 Å². The normalized spacial score (nSPS) is 11.0. The number of nitrogens with two attached hydrogens (primary N) is 2. The number of hydrogen-bond acceptors (Lipinski definition) is 6. The van der Waals surface area contributed by atoms with Crippen LogP contribution < -0.4 is 15.6 Å². The molecule has 3 aromatic rings. The van der Waals surface area contributed by atoms with Crippen molar-refractivity contribution in [2.75, 3.05) is 19.7 Å². The summed E-state index contributed by atoms with van der Waals surface area (Å²) >= 11 is 0. The van der Waals surface area contributed by atoms with Gasteiger partial charge in [0, 0.05) is 22.4 Å². The number of carbonyl (C=O) groups is 2. The summed E-state index contributed by atoms with van der Waals surface area (Å²) in [4.78, 5) is 25.6. The van der Waals surface area contributed by atoms with E-state index in [-0.39, 0.29) is 23.6 Å². The first-order valence-electron chi connectivity index (χ1n) is 11.4. The molecule has 194 valence electrons. The molecule has 0 aliphatic rings. The number of nitrogens with zero attached hydrogens (tertiary/aromatic N) is 1. The zero-order valence-corrected chi connectivity index (χ0v) is 21.4. The van der Waals surface area contributed by atoms with E-state index in [4.69, 9.17) is 15.6 Å². The molecule has 0 bridgehead atoms. The molecule has 0 aromatic heterocycles. The number of carboxylic acids is 1. The maximum atomic E-state index is 13.1. The summed E-state index contributed by atoms with van der Waals surface area (Å²) < 4.78 is 29.6. The number of amides is 1. The molecular weight excluding hydrogens is 494 g/mol. The van der Waals surface area contributed by atoms with Crippen molar-refractivity contribution < 1.29 is 27.9 Å². The van der Waals surface area contributed by atoms with Crippen LogP contribution in [-0.4, -0.2) is 50.0 Å². The van der Waals surface area contributed by atoms with E-state index < -0.39 is 28.4 Å². The third-order valence-electron chi connectivity index (χ3n) is 5.56. The first-order chi connectivity index (χ1) is 17.5. The lowest BCUT2D eigenvalue weighted by Gasteiger charge is -2.21. The predicted octanol–water partition coefficient (Wildman–Crippen LogP) is 3.32. The molecule has 37 heavy (non-hydrogen) atoms. The summed E-state index contributed by atoms with van der Waals surface area (Å²) in [5.41, 5.74) is 9.70. The second-order valence-corrected chi connectivity index (χ2v) is 10.1. The molecular formula is C27H29N3O6S. The van der Waals surface area contributed by atoms with Crippen LogP contribution in [-0.2, 0) is 14.8 Å². The molecule has 0 unspecified atom stereocenters. The highest BCUT2D eigenvalue weighted by atomic mass is 32.2. The molecule has 9 nitrogen and oxygen atoms in total. The summed E-state index contributed by atoms with van der Waals surface area (Å²) in [6.07, 6.45) is 0. The van der Waals surface area contributed by atoms with Crippen LogP contribution in [0.15, 0.2) is 83.3 Å². The van der Waals surface area contributed by atoms with Gasteiger partial charge in [0.25, 0.3) is 5.91 Å². The number of benzene rings is 3. The standard InChI is InChI=1S/C27H29N3O6S/c1-18(2)26(28)21-6-5-7-22(16-21)36-15-14-30(17-25(31)32)27(33)20-12-10-19(11-13-20)23-8-3-4-9-24(23)37(29,34)35/h3-13,16H,14-15,17,28H2,1-2H3,(H,31,32)(H2,29,34,35). The van der Waals surface area contributed by atoms with Crippen molar-refractivity contribution in [2.24, 2.45) is 10.9 Å². The fourth-order valence-electron chi connectivity index (χ4n) is 3.66. The van der Waals surface area contributed by atoms with Crippen molar-refractivity contribution in [3.63, 3.8) is 0 Å². The number of rotatable bonds is 10. The van der Waals surface area contributed by atoms with Gasteiger partial charge in [0.1, 0.15) is 18.9 Å². The van der Waals surface area contributed by atoms with Crippen LogP contribution in [0.4, 0.5) is 0 Å². The van der Waals surface area contributed by atoms with E-state index in [9.17, 15) is 23.1 Å². The highest BCUT2D eigenvalue weighted by Crippen LogP contribution is 2.27. The number of allylic oxidation sites excluding steroid dienone is 1. The van der Waals surface area contributed by atoms with E-state index in [0.29, 0.717) is 22.6 Å². The van der Waals surface area contributed by atoms with Crippen molar-refractivity contribution in [3.05, 3.63) is 89.5 Å². The smallest absolute Gasteiger partial charge is 0.323 e. The van der Waals surface area contributed by atoms with Crippen molar-refractivity contribution in [1.82, 2.24) is 4.90 Å². The minimum Gasteiger partial charge on any atom is -0.492 e. The Labute approximate surface area is 216 Å². The molecule has 0 atom stereocenters. The van der Waals surface area contributed by atoms with Crippen LogP contribution in [0.1, 0.15) is 29.8 Å². The summed E-state index contributed by atoms with van der Waals surface area (Å²) in [7, 11) is -3.94. The Hall–Kier alpha value is -4.15. The van der Waals surface area contributed by atoms with Crippen molar-refractivity contribution >= 4 is 27.6 Å². The summed E-state index contributed by atoms with van der Waals surface area (Å²) in [6, 6.07) is 19.7. The molecule has 5 N–H and O–H groups in total. The molecule has 0 heterocycles. The Balaban J connectivity index is 1.75. The molecule has 1 amide bonds. The third kappa shape index (κ3) is 7.18. The minimum absolute atomic E-state index is 0.0312. The number of carbonyl (C=O) groups excluding carboxylic acids is 1. The van der Waals surface area contributed by atoms with E-state index in [1.54, 1.807) is 48.5 Å². The molecule has 0 saturated carbocycles. The molecule has 10 heteroatoms. The molecule has 0 radical (unpaired) electrons. The van der Waals surface area contributed by atoms with Gasteiger partial charge in [0.15, 0.2) is 0 Å². The molecule has 0 spiro atoms. The molecule has 3 aromatic carbocycles. The lowest BCUT2D eigenvalue weighted by atomic mass is 10.0. The molecule has 0 aliphatic carbocycles. The van der Waals surface area contributed by atoms with E-state index in [0.717, 1.165) is 11.1 Å². The van der Waals surface area contributed by atoms with Gasteiger partial charge in [-0.2, -0.15) is 0 Å². The quantitative estimate of drug-likeness (QED) is 0.368. The van der Waals surface area contributed by atoms with Gasteiger partial charge in [-0.15, -0.1) is 0 Å². The van der Waals surface area contributed by atoms with Gasteiger partial charge in [-0.3, -0.25) is 9.59 Å². The lowest BCUT2D eigenvalue weighted by molar-refractivity contribution is -0.137. The molecule has 0 saturated heterocycles. The second kappa shape index (κ2) is 11.7. The summed E-state index contributed by atoms with van der Waals surface area (Å²) in [5, 5.41) is 14.6. The van der Waals surface area contributed by atoms with Gasteiger partial charge in [-0.25, -0.2) is 13.6 Å². The number of aliphatic carboxylic acids is 1. The molecule has 3 rings (SSSR count). The lowest BCUT2D eigenvalue weighted by Crippen LogP contribution is -2.38. The fraction of sp³-hybridized carbons (Fsp3) is 0.185. The van der Waals surface area contributed by atoms with E-state index in [1.165, 1.54) is 23.1 Å². The highest BCUT2D eigenvalue weighted by molar-refractivity contribution is 7.89. The number of hydrogen-bond donors (Lipinski definition) is 3. The third-order valence-corrected chi connectivity index (χ3v) is 6.53. The van der Waals surface area contributed by atoms with Gasteiger partial charge in [0.05, 0.1) is 11.4 Å². The topological polar surface area (TPSA) is 153 Å². The Morgan fingerprint density at radius 2 is 1.62 bits per heavy atom. The number of carboxylic acid groups (broad SMARTS) is 1. The van der Waals surface area contributed by atoms with Crippen LogP contribution >= 0.6 is 0 Å². The molecule has 0 fully saturated rings. The van der Waals surface area contributed by atoms with Crippen molar-refractivity contribution in [1.29, 1.82) is 0 Å². The first-order valence-corrected chi connectivity index (χ1v) is 12.9. The maximum Gasteiger partial charge on any atom is 0.323 e. The zero-order valence-electron chi connectivity index (χ0n) is 20.5. The van der Waals surface area contributed by atoms with Crippen LogP contribution in [0.5, 0.6) is 5.75 Å². The van der Waals surface area contributed by atoms with Crippen molar-refractivity contribution in [3.8, 4) is 16.9 Å². The van der Waals surface area contributed by atoms with Crippen molar-refractivity contribution in [2.45, 2.75) is 18.7 Å². The first kappa shape index (κ1) is 27.4. The fourth-order valence-corrected chi connectivity index (χ4v) is 4.42. The number of sulfonamides is 1. The number of primary sulfonamides is 1.